The zero-order chi connectivity index (χ0) is 8.10. The second-order valence-corrected chi connectivity index (χ2v) is 4.09. The molecule has 0 aromatic heterocycles. The first-order chi connectivity index (χ1) is 5.29. The van der Waals surface area contributed by atoms with Crippen molar-refractivity contribution in [2.45, 2.75) is 50.5 Å². The number of ether oxygens (including phenoxy) is 1. The standard InChI is InChI=1S/C9H17ClO/c1-8(10)5-6-9-4-2-3-7-11-9/h8-9H,2-7H2,1H3. The Morgan fingerprint density at radius 3 is 2.91 bits per heavy atom. The van der Waals surface area contributed by atoms with Crippen molar-refractivity contribution in [1.29, 1.82) is 0 Å². The highest BCUT2D eigenvalue weighted by Gasteiger charge is 2.13. The van der Waals surface area contributed by atoms with E-state index in [0.29, 0.717) is 11.5 Å². The van der Waals surface area contributed by atoms with Gasteiger partial charge >= 0.3 is 0 Å². The van der Waals surface area contributed by atoms with Gasteiger partial charge in [-0.05, 0) is 39.0 Å². The number of halogens is 1. The number of hydrogen-bond donors (Lipinski definition) is 0. The number of alkyl halides is 1. The van der Waals surface area contributed by atoms with Crippen molar-refractivity contribution in [3.05, 3.63) is 0 Å². The molecule has 0 radical (unpaired) electrons. The van der Waals surface area contributed by atoms with Crippen LogP contribution >= 0.6 is 11.6 Å². The lowest BCUT2D eigenvalue weighted by Gasteiger charge is -2.22. The molecule has 1 aliphatic heterocycles. The second-order valence-electron chi connectivity index (χ2n) is 3.35. The van der Waals surface area contributed by atoms with Crippen LogP contribution in [0.3, 0.4) is 0 Å². The fraction of sp³-hybridized carbons (Fsp3) is 1.00. The van der Waals surface area contributed by atoms with E-state index < -0.39 is 0 Å². The van der Waals surface area contributed by atoms with Crippen molar-refractivity contribution in [3.8, 4) is 0 Å². The molecule has 1 aliphatic rings. The fourth-order valence-electron chi connectivity index (χ4n) is 1.45. The summed E-state index contributed by atoms with van der Waals surface area (Å²) in [6.45, 7) is 3.01. The van der Waals surface area contributed by atoms with E-state index in [9.17, 15) is 0 Å². The van der Waals surface area contributed by atoms with E-state index in [1.54, 1.807) is 0 Å². The molecule has 0 saturated carbocycles. The van der Waals surface area contributed by atoms with Crippen molar-refractivity contribution in [2.24, 2.45) is 0 Å². The maximum Gasteiger partial charge on any atom is 0.0575 e. The predicted molar refractivity (Wildman–Crippen MR) is 48.1 cm³/mol. The molecule has 0 amide bonds. The third-order valence-electron chi connectivity index (χ3n) is 2.16. The van der Waals surface area contributed by atoms with Gasteiger partial charge in [0.15, 0.2) is 0 Å². The minimum Gasteiger partial charge on any atom is -0.378 e. The maximum atomic E-state index is 5.84. The molecule has 0 aromatic carbocycles. The van der Waals surface area contributed by atoms with Crippen LogP contribution < -0.4 is 0 Å². The normalized spacial score (nSPS) is 28.4. The van der Waals surface area contributed by atoms with Gasteiger partial charge < -0.3 is 4.74 Å². The smallest absolute Gasteiger partial charge is 0.0575 e. The monoisotopic (exact) mass is 176 g/mol. The summed E-state index contributed by atoms with van der Waals surface area (Å²) < 4.78 is 5.57. The van der Waals surface area contributed by atoms with Gasteiger partial charge in [0.25, 0.3) is 0 Å². The summed E-state index contributed by atoms with van der Waals surface area (Å²) in [6, 6.07) is 0. The molecule has 1 saturated heterocycles. The molecule has 2 atom stereocenters. The third kappa shape index (κ3) is 3.97. The second kappa shape index (κ2) is 5.00. The fourth-order valence-corrected chi connectivity index (χ4v) is 1.58. The van der Waals surface area contributed by atoms with Gasteiger partial charge in [0.1, 0.15) is 0 Å². The summed E-state index contributed by atoms with van der Waals surface area (Å²) in [5.41, 5.74) is 0. The minimum absolute atomic E-state index is 0.306. The zero-order valence-corrected chi connectivity index (χ0v) is 7.94. The van der Waals surface area contributed by atoms with E-state index in [1.807, 2.05) is 6.92 Å². The highest BCUT2D eigenvalue weighted by atomic mass is 35.5. The van der Waals surface area contributed by atoms with Gasteiger partial charge in [0, 0.05) is 12.0 Å². The van der Waals surface area contributed by atoms with Gasteiger partial charge in [0.05, 0.1) is 6.10 Å². The molecule has 1 rings (SSSR count). The van der Waals surface area contributed by atoms with Crippen molar-refractivity contribution in [2.75, 3.05) is 6.61 Å². The van der Waals surface area contributed by atoms with Gasteiger partial charge in [-0.1, -0.05) is 0 Å². The topological polar surface area (TPSA) is 9.23 Å². The number of hydrogen-bond acceptors (Lipinski definition) is 1. The molecule has 1 nitrogen and oxygen atoms in total. The Labute approximate surface area is 74.1 Å². The van der Waals surface area contributed by atoms with Crippen LogP contribution in [0.25, 0.3) is 0 Å². The summed E-state index contributed by atoms with van der Waals surface area (Å²) in [4.78, 5) is 0. The van der Waals surface area contributed by atoms with Crippen LogP contribution in [-0.4, -0.2) is 18.1 Å². The van der Waals surface area contributed by atoms with E-state index in [2.05, 4.69) is 0 Å². The predicted octanol–water partition coefficient (Wildman–Crippen LogP) is 2.96. The maximum absolute atomic E-state index is 5.84. The summed E-state index contributed by atoms with van der Waals surface area (Å²) in [5.74, 6) is 0. The van der Waals surface area contributed by atoms with Crippen LogP contribution in [0.4, 0.5) is 0 Å². The lowest BCUT2D eigenvalue weighted by Crippen LogP contribution is -2.19. The average Bonchev–Trinajstić information content (AvgIpc) is 2.03. The van der Waals surface area contributed by atoms with Gasteiger partial charge in [-0.3, -0.25) is 0 Å². The first-order valence-electron chi connectivity index (χ1n) is 4.54. The largest absolute Gasteiger partial charge is 0.378 e. The number of rotatable bonds is 3. The van der Waals surface area contributed by atoms with Crippen LogP contribution in [0.2, 0.25) is 0 Å². The molecule has 0 spiro atoms. The van der Waals surface area contributed by atoms with Crippen molar-refractivity contribution >= 4 is 11.6 Å². The van der Waals surface area contributed by atoms with E-state index >= 15 is 0 Å². The first-order valence-corrected chi connectivity index (χ1v) is 4.98. The molecule has 1 heterocycles. The quantitative estimate of drug-likeness (QED) is 0.601. The Morgan fingerprint density at radius 1 is 1.55 bits per heavy atom. The molecule has 0 aromatic rings. The van der Waals surface area contributed by atoms with E-state index in [-0.39, 0.29) is 0 Å². The summed E-state index contributed by atoms with van der Waals surface area (Å²) in [6.07, 6.45) is 6.55. The van der Waals surface area contributed by atoms with E-state index in [4.69, 9.17) is 16.3 Å². The zero-order valence-electron chi connectivity index (χ0n) is 7.18. The van der Waals surface area contributed by atoms with Gasteiger partial charge in [-0.15, -0.1) is 11.6 Å². The van der Waals surface area contributed by atoms with Gasteiger partial charge in [-0.25, -0.2) is 0 Å². The molecule has 1 fully saturated rings. The highest BCUT2D eigenvalue weighted by Crippen LogP contribution is 2.18. The Hall–Kier alpha value is 0.250. The highest BCUT2D eigenvalue weighted by molar-refractivity contribution is 6.20. The van der Waals surface area contributed by atoms with Crippen LogP contribution in [0, 0.1) is 0 Å². The summed E-state index contributed by atoms with van der Waals surface area (Å²) in [7, 11) is 0. The Bertz CT molecular complexity index is 97.7. The molecule has 66 valence electrons. The van der Waals surface area contributed by atoms with Gasteiger partial charge in [0.2, 0.25) is 0 Å². The summed E-state index contributed by atoms with van der Waals surface area (Å²) in [5, 5.41) is 0.306. The molecule has 0 N–H and O–H groups in total. The Kier molecular flexibility index (Phi) is 4.24. The minimum atomic E-state index is 0.306. The molecular formula is C9H17ClO. The van der Waals surface area contributed by atoms with Crippen LogP contribution in [0.5, 0.6) is 0 Å². The van der Waals surface area contributed by atoms with Crippen LogP contribution in [-0.2, 0) is 4.74 Å². The van der Waals surface area contributed by atoms with E-state index in [0.717, 1.165) is 19.4 Å². The Balaban J connectivity index is 2.05. The van der Waals surface area contributed by atoms with Crippen molar-refractivity contribution in [3.63, 3.8) is 0 Å². The molecular weight excluding hydrogens is 160 g/mol. The van der Waals surface area contributed by atoms with Gasteiger partial charge in [-0.2, -0.15) is 0 Å². The molecule has 0 aliphatic carbocycles. The Morgan fingerprint density at radius 2 is 2.36 bits per heavy atom. The average molecular weight is 177 g/mol. The van der Waals surface area contributed by atoms with Crippen molar-refractivity contribution < 1.29 is 4.74 Å². The molecule has 2 unspecified atom stereocenters. The molecule has 2 heteroatoms. The van der Waals surface area contributed by atoms with Crippen LogP contribution in [0.15, 0.2) is 0 Å². The van der Waals surface area contributed by atoms with Crippen molar-refractivity contribution in [1.82, 2.24) is 0 Å². The molecule has 11 heavy (non-hydrogen) atoms. The van der Waals surface area contributed by atoms with E-state index in [1.165, 1.54) is 19.3 Å². The molecule has 0 bridgehead atoms. The third-order valence-corrected chi connectivity index (χ3v) is 2.38. The lowest BCUT2D eigenvalue weighted by atomic mass is 10.0. The summed E-state index contributed by atoms with van der Waals surface area (Å²) >= 11 is 5.84. The SMILES string of the molecule is CC(Cl)CCC1CCCCO1. The lowest BCUT2D eigenvalue weighted by molar-refractivity contribution is 0.0102. The first kappa shape index (κ1) is 9.34. The van der Waals surface area contributed by atoms with Crippen LogP contribution in [0.1, 0.15) is 39.0 Å².